The van der Waals surface area contributed by atoms with Gasteiger partial charge < -0.3 is 0 Å². The van der Waals surface area contributed by atoms with Crippen molar-refractivity contribution in [3.63, 3.8) is 0 Å². The third kappa shape index (κ3) is 6.59. The summed E-state index contributed by atoms with van der Waals surface area (Å²) in [5.41, 5.74) is 26.2. The van der Waals surface area contributed by atoms with Gasteiger partial charge >= 0.3 is 0 Å². The highest BCUT2D eigenvalue weighted by molar-refractivity contribution is 6.03. The van der Waals surface area contributed by atoms with E-state index in [1.165, 1.54) is 99.4 Å². The molecule has 0 spiro atoms. The van der Waals surface area contributed by atoms with Gasteiger partial charge in [0.15, 0.2) is 0 Å². The van der Waals surface area contributed by atoms with Crippen molar-refractivity contribution in [3.05, 3.63) is 211 Å². The zero-order valence-electron chi connectivity index (χ0n) is 36.3. The van der Waals surface area contributed by atoms with Crippen molar-refractivity contribution in [1.82, 2.24) is 4.98 Å². The van der Waals surface area contributed by atoms with E-state index in [1.54, 1.807) is 0 Å². The highest BCUT2D eigenvalue weighted by atomic mass is 14.6. The molecule has 0 aliphatic heterocycles. The molecule has 7 aromatic rings. The van der Waals surface area contributed by atoms with Crippen LogP contribution in [0.15, 0.2) is 128 Å². The molecular weight excluding hydrogens is 711 g/mol. The standard InChI is InChI=1S/C58H54N/c1-35-29-41(57(5,6)7)30-36(2)53(35)55-46-20-14-11-17-43(46)51(44-18-12-15-21-47(44)55)34-52-45-19-13-16-22-48(45)56(54-37(3)31-42(32-38(54)4)58(8,9)10)49-24-23-40(33-50(49)52)39-25-27-59-28-26-39/h11-33,56H,1-10H3/q+1. The second kappa shape index (κ2) is 14.3. The largest absolute Gasteiger partial charge is 0.265 e. The molecule has 0 N–H and O–H groups in total. The first-order valence-corrected chi connectivity index (χ1v) is 21.2. The second-order valence-corrected chi connectivity index (χ2v) is 18.9. The van der Waals surface area contributed by atoms with Crippen molar-refractivity contribution in [1.29, 1.82) is 0 Å². The van der Waals surface area contributed by atoms with Gasteiger partial charge in [-0.3, -0.25) is 4.98 Å². The van der Waals surface area contributed by atoms with E-state index >= 15 is 0 Å². The highest BCUT2D eigenvalue weighted by Gasteiger charge is 2.33. The molecule has 9 rings (SSSR count). The van der Waals surface area contributed by atoms with Gasteiger partial charge in [0.1, 0.15) is 5.56 Å². The molecule has 1 heteroatoms. The van der Waals surface area contributed by atoms with E-state index in [1.807, 2.05) is 12.4 Å². The average molecular weight is 765 g/mol. The first-order valence-electron chi connectivity index (χ1n) is 21.2. The first kappa shape index (κ1) is 38.4. The van der Waals surface area contributed by atoms with Crippen LogP contribution in [-0.2, 0) is 10.8 Å². The molecule has 0 bridgehead atoms. The Bertz CT molecular complexity index is 3000. The Morgan fingerprint density at radius 3 is 1.83 bits per heavy atom. The van der Waals surface area contributed by atoms with Crippen molar-refractivity contribution in [2.24, 2.45) is 0 Å². The summed E-state index contributed by atoms with van der Waals surface area (Å²) in [6.07, 6.45) is 12.8. The Balaban J connectivity index is 1.42. The predicted octanol–water partition coefficient (Wildman–Crippen LogP) is 13.3. The Kier molecular flexibility index (Phi) is 9.30. The molecule has 0 saturated heterocycles. The number of pyridine rings is 1. The number of aryl methyl sites for hydroxylation is 4. The van der Waals surface area contributed by atoms with Crippen LogP contribution in [0, 0.1) is 34.1 Å². The molecule has 1 nitrogen and oxygen atoms in total. The van der Waals surface area contributed by atoms with Crippen LogP contribution >= 0.6 is 0 Å². The molecule has 1 atom stereocenters. The molecule has 2 aliphatic rings. The summed E-state index contributed by atoms with van der Waals surface area (Å²) in [5, 5.41) is 4.81. The van der Waals surface area contributed by atoms with E-state index in [4.69, 9.17) is 0 Å². The van der Waals surface area contributed by atoms with Gasteiger partial charge in [-0.15, -0.1) is 0 Å². The number of rotatable bonds is 3. The van der Waals surface area contributed by atoms with E-state index in [-0.39, 0.29) is 16.7 Å². The van der Waals surface area contributed by atoms with Crippen LogP contribution in [-0.4, -0.2) is 4.98 Å². The Labute approximate surface area is 351 Å². The number of hydrogen-bond acceptors (Lipinski definition) is 1. The summed E-state index contributed by atoms with van der Waals surface area (Å²) in [6.45, 7) is 23.0. The third-order valence-corrected chi connectivity index (χ3v) is 12.8. The van der Waals surface area contributed by atoms with Crippen molar-refractivity contribution in [2.75, 3.05) is 0 Å². The quantitative estimate of drug-likeness (QED) is 0.163. The topological polar surface area (TPSA) is 12.9 Å². The van der Waals surface area contributed by atoms with Crippen molar-refractivity contribution >= 4 is 28.2 Å². The van der Waals surface area contributed by atoms with Crippen molar-refractivity contribution < 1.29 is 0 Å². The van der Waals surface area contributed by atoms with E-state index < -0.39 is 0 Å². The van der Waals surface area contributed by atoms with Crippen LogP contribution in [0.1, 0.15) is 114 Å². The number of allylic oxidation sites excluding steroid dienone is 2. The lowest BCUT2D eigenvalue weighted by molar-refractivity contribution is 0.588. The molecule has 1 heterocycles. The van der Waals surface area contributed by atoms with Crippen LogP contribution in [0.4, 0.5) is 0 Å². The minimum atomic E-state index is 0.0646. The first-order chi connectivity index (χ1) is 28.2. The van der Waals surface area contributed by atoms with E-state index in [2.05, 4.69) is 208 Å². The number of benzene rings is 6. The molecule has 6 aromatic carbocycles. The Hall–Kier alpha value is -6.14. The predicted molar refractivity (Wildman–Crippen MR) is 251 cm³/mol. The van der Waals surface area contributed by atoms with Gasteiger partial charge in [-0.2, -0.15) is 0 Å². The zero-order valence-corrected chi connectivity index (χ0v) is 36.3. The minimum Gasteiger partial charge on any atom is -0.265 e. The van der Waals surface area contributed by atoms with Gasteiger partial charge in [0.05, 0.1) is 16.0 Å². The van der Waals surface area contributed by atoms with E-state index in [9.17, 15) is 0 Å². The molecule has 59 heavy (non-hydrogen) atoms. The molecule has 0 radical (unpaired) electrons. The van der Waals surface area contributed by atoms with Gasteiger partial charge in [-0.25, -0.2) is 0 Å². The normalized spacial score (nSPS) is 14.5. The summed E-state index contributed by atoms with van der Waals surface area (Å²) in [7, 11) is 0. The fourth-order valence-corrected chi connectivity index (χ4v) is 9.79. The fraction of sp³-hybridized carbons (Fsp3) is 0.224. The monoisotopic (exact) mass is 764 g/mol. The third-order valence-electron chi connectivity index (χ3n) is 12.8. The summed E-state index contributed by atoms with van der Waals surface area (Å²) in [4.78, 5) is 4.35. The molecule has 1 aromatic heterocycles. The average Bonchev–Trinajstić information content (AvgIpc) is 3.21. The maximum absolute atomic E-state index is 4.35. The number of fused-ring (bicyclic) bond motifs is 4. The molecule has 0 amide bonds. The maximum atomic E-state index is 4.35. The molecule has 1 unspecified atom stereocenters. The smallest absolute Gasteiger partial charge is 0.113 e. The Morgan fingerprint density at radius 1 is 0.576 bits per heavy atom. The van der Waals surface area contributed by atoms with Gasteiger partial charge in [0.2, 0.25) is 0 Å². The summed E-state index contributed by atoms with van der Waals surface area (Å²) >= 11 is 0. The van der Waals surface area contributed by atoms with Crippen molar-refractivity contribution in [2.45, 2.75) is 86.0 Å². The number of aromatic nitrogens is 1. The van der Waals surface area contributed by atoms with Crippen LogP contribution < -0.4 is 10.4 Å². The highest BCUT2D eigenvalue weighted by Crippen LogP contribution is 2.49. The lowest BCUT2D eigenvalue weighted by atomic mass is 9.70. The lowest BCUT2D eigenvalue weighted by Gasteiger charge is -2.33. The SMILES string of the molecule is Cc1cc(C(C)(C)C)cc(C)c1-c1c2c(c(=C=C3c4ccccc4C(c4c(C)cc(C(C)(C)C)cc4C)c4ccc(-c5ccncc5)cc43)c3ccccc13)=CC=C[CH+]2. The van der Waals surface area contributed by atoms with Crippen LogP contribution in [0.5, 0.6) is 0 Å². The molecule has 290 valence electrons. The van der Waals surface area contributed by atoms with Crippen molar-refractivity contribution in [3.8, 4) is 22.3 Å². The number of nitrogens with zero attached hydrogens (tertiary/aromatic N) is 1. The Morgan fingerprint density at radius 2 is 1.17 bits per heavy atom. The van der Waals surface area contributed by atoms with Gasteiger partial charge in [-0.05, 0) is 135 Å². The van der Waals surface area contributed by atoms with E-state index in [0.717, 1.165) is 16.4 Å². The van der Waals surface area contributed by atoms with Crippen LogP contribution in [0.25, 0.3) is 50.4 Å². The summed E-state index contributed by atoms with van der Waals surface area (Å²) in [5.74, 6) is 0.0742. The molecule has 0 fully saturated rings. The molecule has 0 saturated carbocycles. The second-order valence-electron chi connectivity index (χ2n) is 18.9. The van der Waals surface area contributed by atoms with Gasteiger partial charge in [0.25, 0.3) is 0 Å². The number of hydrogen-bond donors (Lipinski definition) is 0. The molecular formula is C58H54N+. The fourth-order valence-electron chi connectivity index (χ4n) is 9.79. The lowest BCUT2D eigenvalue weighted by Crippen LogP contribution is -2.31. The zero-order chi connectivity index (χ0) is 41.4. The summed E-state index contributed by atoms with van der Waals surface area (Å²) < 4.78 is 0. The summed E-state index contributed by atoms with van der Waals surface area (Å²) in [6, 6.07) is 39.1. The van der Waals surface area contributed by atoms with Gasteiger partial charge in [0, 0.05) is 64.9 Å². The maximum Gasteiger partial charge on any atom is 0.113 e. The molecule has 2 aliphatic carbocycles. The van der Waals surface area contributed by atoms with Gasteiger partial charge in [-0.1, -0.05) is 126 Å². The van der Waals surface area contributed by atoms with E-state index in [0.29, 0.717) is 0 Å². The van der Waals surface area contributed by atoms with Crippen LogP contribution in [0.3, 0.4) is 0 Å². The van der Waals surface area contributed by atoms with Crippen LogP contribution in [0.2, 0.25) is 0 Å². The minimum absolute atomic E-state index is 0.0646.